The van der Waals surface area contributed by atoms with Gasteiger partial charge in [0.05, 0.1) is 12.9 Å². The molecule has 1 fully saturated rings. The van der Waals surface area contributed by atoms with Gasteiger partial charge in [-0.3, -0.25) is 0 Å². The summed E-state index contributed by atoms with van der Waals surface area (Å²) in [4.78, 5) is 12.6. The van der Waals surface area contributed by atoms with Gasteiger partial charge in [0.25, 0.3) is 10.0 Å². The molecule has 1 saturated heterocycles. The van der Waals surface area contributed by atoms with Crippen molar-refractivity contribution >= 4 is 10.0 Å². The predicted octanol–water partition coefficient (Wildman–Crippen LogP) is 2.10. The highest BCUT2D eigenvalue weighted by molar-refractivity contribution is 7.89. The first kappa shape index (κ1) is 18.8. The molecule has 0 N–H and O–H groups in total. The van der Waals surface area contributed by atoms with Crippen molar-refractivity contribution in [2.45, 2.75) is 57.7 Å². The molecule has 142 valence electrons. The second-order valence-electron chi connectivity index (χ2n) is 6.93. The maximum Gasteiger partial charge on any atom is 0.317 e. The third-order valence-electron chi connectivity index (χ3n) is 4.35. The quantitative estimate of drug-likeness (QED) is 0.790. The van der Waals surface area contributed by atoms with Crippen LogP contribution >= 0.6 is 0 Å². The summed E-state index contributed by atoms with van der Waals surface area (Å²) in [5, 5.41) is 0.0782. The number of hydrogen-bond donors (Lipinski definition) is 0. The standard InChI is InChI=1S/C17H25N5O3S/c1-12(2)21-10-16(18-11-21)26(23,24)22-7-5-6-15(9-22)25-17-19-13(3)8-14(4)20-17/h8,10-12,15H,5-7,9H2,1-4H3. The number of sulfonamides is 1. The Labute approximate surface area is 154 Å². The Morgan fingerprint density at radius 1 is 1.23 bits per heavy atom. The van der Waals surface area contributed by atoms with Crippen LogP contribution in [-0.2, 0) is 10.0 Å². The molecule has 0 aromatic carbocycles. The van der Waals surface area contributed by atoms with Crippen LogP contribution in [0, 0.1) is 13.8 Å². The topological polar surface area (TPSA) is 90.2 Å². The lowest BCUT2D eigenvalue weighted by molar-refractivity contribution is 0.118. The number of imidazole rings is 1. The van der Waals surface area contributed by atoms with E-state index < -0.39 is 10.0 Å². The van der Waals surface area contributed by atoms with Gasteiger partial charge in [0.15, 0.2) is 5.03 Å². The highest BCUT2D eigenvalue weighted by Gasteiger charge is 2.33. The molecule has 0 saturated carbocycles. The van der Waals surface area contributed by atoms with E-state index in [0.717, 1.165) is 24.2 Å². The van der Waals surface area contributed by atoms with E-state index in [1.807, 2.05) is 33.8 Å². The van der Waals surface area contributed by atoms with Crippen molar-refractivity contribution in [3.8, 4) is 6.01 Å². The molecule has 3 rings (SSSR count). The van der Waals surface area contributed by atoms with Crippen LogP contribution in [0.3, 0.4) is 0 Å². The molecule has 26 heavy (non-hydrogen) atoms. The molecule has 2 aromatic rings. The van der Waals surface area contributed by atoms with E-state index in [0.29, 0.717) is 12.6 Å². The Morgan fingerprint density at radius 2 is 1.92 bits per heavy atom. The molecule has 2 aromatic heterocycles. The lowest BCUT2D eigenvalue weighted by Crippen LogP contribution is -2.44. The van der Waals surface area contributed by atoms with Crippen molar-refractivity contribution in [3.63, 3.8) is 0 Å². The van der Waals surface area contributed by atoms with Crippen molar-refractivity contribution in [3.05, 3.63) is 30.0 Å². The Balaban J connectivity index is 1.74. The van der Waals surface area contributed by atoms with Crippen molar-refractivity contribution in [2.75, 3.05) is 13.1 Å². The Hall–Kier alpha value is -2.00. The summed E-state index contributed by atoms with van der Waals surface area (Å²) in [5.41, 5.74) is 1.65. The molecule has 1 aliphatic rings. The maximum absolute atomic E-state index is 12.9. The molecule has 0 spiro atoms. The number of nitrogens with zero attached hydrogens (tertiary/aromatic N) is 5. The molecule has 1 aliphatic heterocycles. The first-order chi connectivity index (χ1) is 12.3. The number of hydrogen-bond acceptors (Lipinski definition) is 6. The number of piperidine rings is 1. The second-order valence-corrected chi connectivity index (χ2v) is 8.82. The molecule has 3 heterocycles. The smallest absolute Gasteiger partial charge is 0.317 e. The number of aromatic nitrogens is 4. The Bertz CT molecular complexity index is 858. The van der Waals surface area contributed by atoms with Gasteiger partial charge >= 0.3 is 6.01 Å². The summed E-state index contributed by atoms with van der Waals surface area (Å²) in [6.07, 6.45) is 4.35. The van der Waals surface area contributed by atoms with E-state index >= 15 is 0 Å². The average Bonchev–Trinajstić information content (AvgIpc) is 3.05. The monoisotopic (exact) mass is 379 g/mol. The Kier molecular flexibility index (Phi) is 5.29. The lowest BCUT2D eigenvalue weighted by Gasteiger charge is -2.31. The Morgan fingerprint density at radius 3 is 2.54 bits per heavy atom. The first-order valence-corrected chi connectivity index (χ1v) is 10.2. The minimum absolute atomic E-state index is 0.0782. The normalized spacial score (nSPS) is 19.0. The fraction of sp³-hybridized carbons (Fsp3) is 0.588. The second kappa shape index (κ2) is 7.32. The molecule has 0 amide bonds. The molecule has 0 aliphatic carbocycles. The summed E-state index contributed by atoms with van der Waals surface area (Å²) in [5.74, 6) is 0. The van der Waals surface area contributed by atoms with E-state index in [1.54, 1.807) is 17.1 Å². The van der Waals surface area contributed by atoms with E-state index in [-0.39, 0.29) is 23.7 Å². The van der Waals surface area contributed by atoms with E-state index in [4.69, 9.17) is 4.74 Å². The lowest BCUT2D eigenvalue weighted by atomic mass is 10.1. The van der Waals surface area contributed by atoms with Crippen LogP contribution < -0.4 is 4.74 Å². The molecule has 8 nitrogen and oxygen atoms in total. The average molecular weight is 379 g/mol. The fourth-order valence-corrected chi connectivity index (χ4v) is 4.41. The van der Waals surface area contributed by atoms with E-state index in [1.165, 1.54) is 4.31 Å². The van der Waals surface area contributed by atoms with Crippen LogP contribution in [0.1, 0.15) is 44.1 Å². The third kappa shape index (κ3) is 4.04. The third-order valence-corrected chi connectivity index (χ3v) is 6.10. The van der Waals surface area contributed by atoms with Gasteiger partial charge in [-0.1, -0.05) is 0 Å². The van der Waals surface area contributed by atoms with Crippen molar-refractivity contribution in [1.29, 1.82) is 0 Å². The number of ether oxygens (including phenoxy) is 1. The van der Waals surface area contributed by atoms with Crippen LogP contribution in [0.2, 0.25) is 0 Å². The molecule has 1 unspecified atom stereocenters. The van der Waals surface area contributed by atoms with Gasteiger partial charge in [-0.2, -0.15) is 4.31 Å². The van der Waals surface area contributed by atoms with Crippen LogP contribution in [0.15, 0.2) is 23.6 Å². The van der Waals surface area contributed by atoms with E-state index in [9.17, 15) is 8.42 Å². The fourth-order valence-electron chi connectivity index (χ4n) is 2.98. The van der Waals surface area contributed by atoms with Gasteiger partial charge in [0.1, 0.15) is 6.10 Å². The minimum atomic E-state index is -3.64. The number of rotatable bonds is 5. The van der Waals surface area contributed by atoms with Gasteiger partial charge in [-0.05, 0) is 46.6 Å². The number of aryl methyl sites for hydroxylation is 2. The SMILES string of the molecule is Cc1cc(C)nc(OC2CCCN(S(=O)(=O)c3cn(C(C)C)cn3)C2)n1. The van der Waals surface area contributed by atoms with Gasteiger partial charge in [-0.15, -0.1) is 0 Å². The van der Waals surface area contributed by atoms with Gasteiger partial charge in [0, 0.05) is 30.2 Å². The summed E-state index contributed by atoms with van der Waals surface area (Å²) < 4.78 is 34.9. The molecule has 9 heteroatoms. The molecule has 0 radical (unpaired) electrons. The molecular formula is C17H25N5O3S. The molecule has 1 atom stereocenters. The van der Waals surface area contributed by atoms with Gasteiger partial charge in [0.2, 0.25) is 0 Å². The van der Waals surface area contributed by atoms with Crippen LogP contribution in [0.4, 0.5) is 0 Å². The minimum Gasteiger partial charge on any atom is -0.459 e. The largest absolute Gasteiger partial charge is 0.459 e. The zero-order valence-electron chi connectivity index (χ0n) is 15.6. The zero-order valence-corrected chi connectivity index (χ0v) is 16.4. The highest BCUT2D eigenvalue weighted by atomic mass is 32.2. The zero-order chi connectivity index (χ0) is 18.9. The molecular weight excluding hydrogens is 354 g/mol. The summed E-state index contributed by atoms with van der Waals surface area (Å²) in [6.45, 7) is 8.45. The first-order valence-electron chi connectivity index (χ1n) is 8.78. The van der Waals surface area contributed by atoms with Crippen LogP contribution in [0.25, 0.3) is 0 Å². The van der Waals surface area contributed by atoms with E-state index in [2.05, 4.69) is 15.0 Å². The van der Waals surface area contributed by atoms with Gasteiger partial charge in [-0.25, -0.2) is 23.4 Å². The van der Waals surface area contributed by atoms with Crippen molar-refractivity contribution < 1.29 is 13.2 Å². The van der Waals surface area contributed by atoms with Crippen molar-refractivity contribution in [1.82, 2.24) is 23.8 Å². The summed E-state index contributed by atoms with van der Waals surface area (Å²) in [6, 6.07) is 2.33. The predicted molar refractivity (Wildman–Crippen MR) is 96.5 cm³/mol. The van der Waals surface area contributed by atoms with Crippen LogP contribution in [-0.4, -0.2) is 51.4 Å². The summed E-state index contributed by atoms with van der Waals surface area (Å²) in [7, 11) is -3.64. The molecule has 0 bridgehead atoms. The highest BCUT2D eigenvalue weighted by Crippen LogP contribution is 2.22. The summed E-state index contributed by atoms with van der Waals surface area (Å²) >= 11 is 0. The van der Waals surface area contributed by atoms with Crippen LogP contribution in [0.5, 0.6) is 6.01 Å². The van der Waals surface area contributed by atoms with Gasteiger partial charge < -0.3 is 9.30 Å². The van der Waals surface area contributed by atoms with Crippen molar-refractivity contribution in [2.24, 2.45) is 0 Å². The maximum atomic E-state index is 12.9.